The molecule has 0 saturated carbocycles. The molecule has 2 fully saturated rings. The molecular formula is C12H23ClN2O3S. The van der Waals surface area contributed by atoms with E-state index in [-0.39, 0.29) is 41.8 Å². The lowest BCUT2D eigenvalue weighted by molar-refractivity contribution is -0.139. The summed E-state index contributed by atoms with van der Waals surface area (Å²) in [4.78, 5) is 14.2. The molecule has 0 aromatic heterocycles. The Morgan fingerprint density at radius 2 is 2.05 bits per heavy atom. The second-order valence-electron chi connectivity index (χ2n) is 5.30. The number of hydrogen-bond donors (Lipinski definition) is 1. The summed E-state index contributed by atoms with van der Waals surface area (Å²) in [5, 5.41) is 3.09. The van der Waals surface area contributed by atoms with E-state index in [2.05, 4.69) is 12.2 Å². The van der Waals surface area contributed by atoms with Gasteiger partial charge in [-0.15, -0.1) is 12.4 Å². The predicted octanol–water partition coefficient (Wildman–Crippen LogP) is 0.443. The average molecular weight is 311 g/mol. The average Bonchev–Trinajstić information content (AvgIpc) is 2.57. The summed E-state index contributed by atoms with van der Waals surface area (Å²) in [5.41, 5.74) is 0. The van der Waals surface area contributed by atoms with Gasteiger partial charge in [-0.1, -0.05) is 13.3 Å². The van der Waals surface area contributed by atoms with Crippen LogP contribution in [0.15, 0.2) is 0 Å². The first kappa shape index (κ1) is 16.7. The fourth-order valence-electron chi connectivity index (χ4n) is 2.52. The minimum Gasteiger partial charge on any atom is -0.338 e. The van der Waals surface area contributed by atoms with Crippen molar-refractivity contribution in [2.75, 3.05) is 31.1 Å². The number of carbonyl (C=O) groups is 1. The zero-order chi connectivity index (χ0) is 13.2. The van der Waals surface area contributed by atoms with Gasteiger partial charge < -0.3 is 10.2 Å². The van der Waals surface area contributed by atoms with E-state index in [1.54, 1.807) is 0 Å². The summed E-state index contributed by atoms with van der Waals surface area (Å²) in [5.74, 6) is 0.591. The van der Waals surface area contributed by atoms with E-state index in [0.717, 1.165) is 25.9 Å². The molecule has 1 atom stereocenters. The lowest BCUT2D eigenvalue weighted by atomic mass is 10.00. The molecule has 112 valence electrons. The van der Waals surface area contributed by atoms with Crippen LogP contribution in [-0.4, -0.2) is 56.4 Å². The third-order valence-electron chi connectivity index (χ3n) is 3.82. The van der Waals surface area contributed by atoms with Crippen LogP contribution in [0.25, 0.3) is 0 Å². The SMILES string of the molecule is CCCCN(C(=O)C1CNC1)C1CCS(=O)(=O)C1.Cl. The van der Waals surface area contributed by atoms with E-state index < -0.39 is 9.84 Å². The zero-order valence-corrected chi connectivity index (χ0v) is 12.9. The summed E-state index contributed by atoms with van der Waals surface area (Å²) < 4.78 is 23.1. The van der Waals surface area contributed by atoms with Crippen molar-refractivity contribution >= 4 is 28.2 Å². The largest absolute Gasteiger partial charge is 0.338 e. The highest BCUT2D eigenvalue weighted by molar-refractivity contribution is 7.91. The van der Waals surface area contributed by atoms with Gasteiger partial charge in [-0.2, -0.15) is 0 Å². The number of amides is 1. The normalized spacial score (nSPS) is 25.4. The molecule has 0 aromatic rings. The van der Waals surface area contributed by atoms with Crippen LogP contribution in [-0.2, 0) is 14.6 Å². The number of hydrogen-bond acceptors (Lipinski definition) is 4. The maximum Gasteiger partial charge on any atom is 0.228 e. The van der Waals surface area contributed by atoms with Gasteiger partial charge in [0.25, 0.3) is 0 Å². The highest BCUT2D eigenvalue weighted by Gasteiger charge is 2.37. The van der Waals surface area contributed by atoms with Crippen LogP contribution in [0.1, 0.15) is 26.2 Å². The van der Waals surface area contributed by atoms with Crippen LogP contribution in [0.5, 0.6) is 0 Å². The summed E-state index contributed by atoms with van der Waals surface area (Å²) in [7, 11) is -2.92. The standard InChI is InChI=1S/C12H22N2O3S.ClH/c1-2-3-5-14(12(15)10-7-13-8-10)11-4-6-18(16,17)9-11;/h10-11,13H,2-9H2,1H3;1H. The van der Waals surface area contributed by atoms with Gasteiger partial charge in [0.05, 0.1) is 17.4 Å². The molecule has 0 aliphatic carbocycles. The zero-order valence-electron chi connectivity index (χ0n) is 11.3. The molecule has 2 saturated heterocycles. The fraction of sp³-hybridized carbons (Fsp3) is 0.917. The maximum absolute atomic E-state index is 12.3. The minimum atomic E-state index is -2.92. The van der Waals surface area contributed by atoms with Crippen molar-refractivity contribution in [2.24, 2.45) is 5.92 Å². The Hall–Kier alpha value is -0.330. The third-order valence-corrected chi connectivity index (χ3v) is 5.57. The number of sulfone groups is 1. The third kappa shape index (κ3) is 4.07. The maximum atomic E-state index is 12.3. The van der Waals surface area contributed by atoms with Crippen molar-refractivity contribution in [3.8, 4) is 0 Å². The van der Waals surface area contributed by atoms with Crippen molar-refractivity contribution in [3.05, 3.63) is 0 Å². The Balaban J connectivity index is 0.00000180. The van der Waals surface area contributed by atoms with Gasteiger partial charge >= 0.3 is 0 Å². The second kappa shape index (κ2) is 6.90. The molecule has 0 radical (unpaired) electrons. The molecular weight excluding hydrogens is 288 g/mol. The number of carbonyl (C=O) groups excluding carboxylic acids is 1. The molecule has 2 heterocycles. The van der Waals surface area contributed by atoms with Gasteiger partial charge in [0, 0.05) is 25.7 Å². The van der Waals surface area contributed by atoms with Crippen LogP contribution < -0.4 is 5.32 Å². The van der Waals surface area contributed by atoms with Crippen LogP contribution in [0, 0.1) is 5.92 Å². The fourth-order valence-corrected chi connectivity index (χ4v) is 4.25. The number of unbranched alkanes of at least 4 members (excludes halogenated alkanes) is 1. The van der Waals surface area contributed by atoms with Crippen molar-refractivity contribution < 1.29 is 13.2 Å². The van der Waals surface area contributed by atoms with Gasteiger partial charge in [-0.25, -0.2) is 8.42 Å². The van der Waals surface area contributed by atoms with Crippen LogP contribution in [0.2, 0.25) is 0 Å². The molecule has 2 aliphatic heterocycles. The summed E-state index contributed by atoms with van der Waals surface area (Å²) in [6, 6.07) is -0.0883. The molecule has 7 heteroatoms. The lowest BCUT2D eigenvalue weighted by Gasteiger charge is -2.35. The minimum absolute atomic E-state index is 0. The Bertz CT molecular complexity index is 409. The quantitative estimate of drug-likeness (QED) is 0.800. The first-order chi connectivity index (χ1) is 8.53. The Morgan fingerprint density at radius 3 is 2.47 bits per heavy atom. The van der Waals surface area contributed by atoms with Gasteiger partial charge in [0.1, 0.15) is 0 Å². The molecule has 0 aromatic carbocycles. The lowest BCUT2D eigenvalue weighted by Crippen LogP contribution is -2.54. The Labute approximate surface area is 121 Å². The first-order valence-electron chi connectivity index (χ1n) is 6.75. The first-order valence-corrected chi connectivity index (χ1v) is 8.57. The molecule has 0 spiro atoms. The van der Waals surface area contributed by atoms with E-state index in [9.17, 15) is 13.2 Å². The number of rotatable bonds is 5. The Morgan fingerprint density at radius 1 is 1.37 bits per heavy atom. The van der Waals surface area contributed by atoms with E-state index in [1.165, 1.54) is 0 Å². The topological polar surface area (TPSA) is 66.5 Å². The van der Waals surface area contributed by atoms with Crippen molar-refractivity contribution in [3.63, 3.8) is 0 Å². The van der Waals surface area contributed by atoms with Gasteiger partial charge in [-0.05, 0) is 12.8 Å². The second-order valence-corrected chi connectivity index (χ2v) is 7.53. The van der Waals surface area contributed by atoms with Crippen LogP contribution in [0.3, 0.4) is 0 Å². The molecule has 1 amide bonds. The molecule has 19 heavy (non-hydrogen) atoms. The van der Waals surface area contributed by atoms with E-state index >= 15 is 0 Å². The molecule has 1 N–H and O–H groups in total. The highest BCUT2D eigenvalue weighted by atomic mass is 35.5. The summed E-state index contributed by atoms with van der Waals surface area (Å²) in [6.07, 6.45) is 2.58. The van der Waals surface area contributed by atoms with Crippen molar-refractivity contribution in [1.82, 2.24) is 10.2 Å². The monoisotopic (exact) mass is 310 g/mol. The van der Waals surface area contributed by atoms with E-state index in [4.69, 9.17) is 0 Å². The number of nitrogens with one attached hydrogen (secondary N) is 1. The van der Waals surface area contributed by atoms with Crippen LogP contribution >= 0.6 is 12.4 Å². The molecule has 0 bridgehead atoms. The number of halogens is 1. The van der Waals surface area contributed by atoms with E-state index in [1.807, 2.05) is 4.90 Å². The van der Waals surface area contributed by atoms with Gasteiger partial charge in [0.15, 0.2) is 9.84 Å². The molecule has 2 aliphatic rings. The van der Waals surface area contributed by atoms with Crippen LogP contribution in [0.4, 0.5) is 0 Å². The van der Waals surface area contributed by atoms with Gasteiger partial charge in [0.2, 0.25) is 5.91 Å². The molecule has 1 unspecified atom stereocenters. The van der Waals surface area contributed by atoms with E-state index in [0.29, 0.717) is 13.0 Å². The molecule has 2 rings (SSSR count). The Kier molecular flexibility index (Phi) is 6.08. The van der Waals surface area contributed by atoms with Crippen molar-refractivity contribution in [1.29, 1.82) is 0 Å². The number of nitrogens with zero attached hydrogens (tertiary/aromatic N) is 1. The summed E-state index contributed by atoms with van der Waals surface area (Å²) in [6.45, 7) is 4.26. The highest BCUT2D eigenvalue weighted by Crippen LogP contribution is 2.21. The van der Waals surface area contributed by atoms with Gasteiger partial charge in [-0.3, -0.25) is 4.79 Å². The van der Waals surface area contributed by atoms with Crippen molar-refractivity contribution in [2.45, 2.75) is 32.2 Å². The smallest absolute Gasteiger partial charge is 0.228 e. The predicted molar refractivity (Wildman–Crippen MR) is 77.3 cm³/mol. The molecule has 5 nitrogen and oxygen atoms in total. The summed E-state index contributed by atoms with van der Waals surface area (Å²) >= 11 is 0.